The first kappa shape index (κ1) is 54.0. The molecule has 0 fully saturated rings. The molecule has 6 nitrogen and oxygen atoms in total. The first-order valence-corrected chi connectivity index (χ1v) is 29.6. The van der Waals surface area contributed by atoms with Crippen LogP contribution < -0.4 is 0 Å². The van der Waals surface area contributed by atoms with Gasteiger partial charge in [-0.2, -0.15) is 0 Å². The number of hydrogen-bond donors (Lipinski definition) is 3. The molecule has 15 aromatic rings. The molecule has 1 unspecified atom stereocenters. The third-order valence-corrected chi connectivity index (χ3v) is 17.7. The summed E-state index contributed by atoms with van der Waals surface area (Å²) in [4.78, 5) is 0. The molecule has 3 N–H and O–H groups in total. The molecule has 15 rings (SSSR count). The molecule has 12 aromatic carbocycles. The summed E-state index contributed by atoms with van der Waals surface area (Å²) in [6.07, 6.45) is -1.96. The minimum Gasteiger partial charge on any atom is -0.384 e. The van der Waals surface area contributed by atoms with Gasteiger partial charge in [-0.25, -0.2) is 0 Å². The van der Waals surface area contributed by atoms with Gasteiger partial charge in [0.05, 0.1) is 0 Å². The lowest BCUT2D eigenvalue weighted by molar-refractivity contribution is 0.222. The zero-order valence-corrected chi connectivity index (χ0v) is 48.6. The molecule has 414 valence electrons. The van der Waals surface area contributed by atoms with E-state index in [-0.39, 0.29) is 0 Å². The molecular weight excluding hydrogens is 1030 g/mol. The van der Waals surface area contributed by atoms with Crippen molar-refractivity contribution in [2.45, 2.75) is 79.5 Å². The highest BCUT2D eigenvalue weighted by molar-refractivity contribution is 6.10. The predicted octanol–water partition coefficient (Wildman–Crippen LogP) is 19.1. The van der Waals surface area contributed by atoms with E-state index in [9.17, 15) is 15.3 Å². The number of aromatic nitrogens is 3. The maximum Gasteiger partial charge on any atom is 0.105 e. The second-order valence-electron chi connectivity index (χ2n) is 22.4. The van der Waals surface area contributed by atoms with Gasteiger partial charge in [-0.15, -0.1) is 0 Å². The van der Waals surface area contributed by atoms with Crippen LogP contribution in [0.15, 0.2) is 237 Å². The normalized spacial score (nSPS) is 12.8. The number of hydrogen-bond acceptors (Lipinski definition) is 3. The number of nitrogens with zero attached hydrogens (tertiary/aromatic N) is 3. The fraction of sp³-hybridized carbons (Fsp3) is 0.154. The molecule has 3 atom stereocenters. The van der Waals surface area contributed by atoms with Gasteiger partial charge in [0.25, 0.3) is 0 Å². The zero-order chi connectivity index (χ0) is 57.8. The molecule has 3 heterocycles. The predicted molar refractivity (Wildman–Crippen MR) is 354 cm³/mol. The Kier molecular flexibility index (Phi) is 14.4. The van der Waals surface area contributed by atoms with E-state index >= 15 is 0 Å². The van der Waals surface area contributed by atoms with Gasteiger partial charge in [-0.05, 0) is 179 Å². The molecule has 0 radical (unpaired) electrons. The lowest BCUT2D eigenvalue weighted by Crippen LogP contribution is -2.01. The van der Waals surface area contributed by atoms with Gasteiger partial charge in [-0.1, -0.05) is 182 Å². The van der Waals surface area contributed by atoms with Crippen LogP contribution in [0.2, 0.25) is 0 Å². The molecule has 0 aliphatic heterocycles. The SMILES string of the molecule is CCn1c2ccccc2c2cc(C(O)c3ccc(C)c4ccccc34)ccc21.CCn1c2ccccc2c2cc([C@@H](O)c3ccc(C)c4ccccc34)ccc21.CCn1c2ccccc2c2cc([C@H](O)c3ccc(C)c4ccccc34)ccc21. The molecule has 0 aliphatic carbocycles. The number of fused-ring (bicyclic) bond motifs is 12. The summed E-state index contributed by atoms with van der Waals surface area (Å²) in [6.45, 7) is 15.6. The minimum absolute atomic E-state index is 0.654. The number of aryl methyl sites for hydroxylation is 6. The molecule has 0 spiro atoms. The molecule has 0 saturated heterocycles. The van der Waals surface area contributed by atoms with E-state index in [0.717, 1.165) is 69.2 Å². The van der Waals surface area contributed by atoms with Crippen LogP contribution >= 0.6 is 0 Å². The molecule has 6 heteroatoms. The van der Waals surface area contributed by atoms with E-state index in [2.05, 4.69) is 274 Å². The van der Waals surface area contributed by atoms with Crippen molar-refractivity contribution >= 4 is 97.7 Å². The maximum atomic E-state index is 11.3. The molecule has 0 saturated carbocycles. The van der Waals surface area contributed by atoms with Crippen molar-refractivity contribution in [2.75, 3.05) is 0 Å². The van der Waals surface area contributed by atoms with Gasteiger partial charge < -0.3 is 29.0 Å². The van der Waals surface area contributed by atoms with E-state index in [1.807, 2.05) is 18.2 Å². The lowest BCUT2D eigenvalue weighted by atomic mass is 9.93. The molecule has 3 aromatic heterocycles. The third-order valence-electron chi connectivity index (χ3n) is 17.7. The van der Waals surface area contributed by atoms with E-state index in [0.29, 0.717) is 0 Å². The van der Waals surface area contributed by atoms with Crippen molar-refractivity contribution in [1.29, 1.82) is 0 Å². The third kappa shape index (κ3) is 9.28. The summed E-state index contributed by atoms with van der Waals surface area (Å²) >= 11 is 0. The highest BCUT2D eigenvalue weighted by Gasteiger charge is 2.21. The summed E-state index contributed by atoms with van der Waals surface area (Å²) in [5.41, 5.74) is 16.7. The Hall–Kier alpha value is -9.30. The van der Waals surface area contributed by atoms with E-state index < -0.39 is 18.3 Å². The topological polar surface area (TPSA) is 75.5 Å². The first-order valence-electron chi connectivity index (χ1n) is 29.6. The largest absolute Gasteiger partial charge is 0.384 e. The van der Waals surface area contributed by atoms with Crippen LogP contribution in [-0.2, 0) is 19.6 Å². The van der Waals surface area contributed by atoms with Gasteiger partial charge >= 0.3 is 0 Å². The highest BCUT2D eigenvalue weighted by atomic mass is 16.3. The van der Waals surface area contributed by atoms with Crippen LogP contribution in [0.25, 0.3) is 97.7 Å². The number of rotatable bonds is 9. The van der Waals surface area contributed by atoms with Gasteiger partial charge in [0.15, 0.2) is 0 Å². The Morgan fingerprint density at radius 2 is 0.476 bits per heavy atom. The average Bonchev–Trinajstić information content (AvgIpc) is 2.81. The number of benzene rings is 12. The second-order valence-corrected chi connectivity index (χ2v) is 22.4. The van der Waals surface area contributed by atoms with Crippen molar-refractivity contribution in [2.24, 2.45) is 0 Å². The maximum absolute atomic E-state index is 11.3. The summed E-state index contributed by atoms with van der Waals surface area (Å²) in [5.74, 6) is 0. The van der Waals surface area contributed by atoms with Gasteiger partial charge in [-0.3, -0.25) is 0 Å². The summed E-state index contributed by atoms with van der Waals surface area (Å²) < 4.78 is 7.01. The molecule has 0 amide bonds. The lowest BCUT2D eigenvalue weighted by Gasteiger charge is -2.16. The monoisotopic (exact) mass is 1100 g/mol. The van der Waals surface area contributed by atoms with Crippen LogP contribution in [0.3, 0.4) is 0 Å². The van der Waals surface area contributed by atoms with Crippen molar-refractivity contribution < 1.29 is 15.3 Å². The van der Waals surface area contributed by atoms with Gasteiger partial charge in [0.1, 0.15) is 18.3 Å². The van der Waals surface area contributed by atoms with E-state index in [4.69, 9.17) is 0 Å². The molecular formula is C78H69N3O3. The fourth-order valence-corrected chi connectivity index (χ4v) is 13.4. The Bertz CT molecular complexity index is 4480. The van der Waals surface area contributed by atoms with Gasteiger partial charge in [0.2, 0.25) is 0 Å². The van der Waals surface area contributed by atoms with Crippen LogP contribution in [0.5, 0.6) is 0 Å². The van der Waals surface area contributed by atoms with Crippen LogP contribution in [0, 0.1) is 20.8 Å². The molecule has 84 heavy (non-hydrogen) atoms. The average molecular weight is 1100 g/mol. The zero-order valence-electron chi connectivity index (χ0n) is 48.6. The van der Waals surface area contributed by atoms with Crippen molar-refractivity contribution in [3.05, 3.63) is 287 Å². The second kappa shape index (κ2) is 22.5. The van der Waals surface area contributed by atoms with Gasteiger partial charge in [0, 0.05) is 85.1 Å². The Morgan fingerprint density at radius 1 is 0.250 bits per heavy atom. The highest BCUT2D eigenvalue weighted by Crippen LogP contribution is 2.39. The molecule has 0 bridgehead atoms. The van der Waals surface area contributed by atoms with Crippen molar-refractivity contribution in [3.8, 4) is 0 Å². The van der Waals surface area contributed by atoms with Crippen LogP contribution in [-0.4, -0.2) is 29.0 Å². The van der Waals surface area contributed by atoms with E-state index in [1.165, 1.54) is 98.3 Å². The molecule has 0 aliphatic rings. The summed E-state index contributed by atoms with van der Waals surface area (Å²) in [6, 6.07) is 82.0. The smallest absolute Gasteiger partial charge is 0.105 e. The quantitative estimate of drug-likeness (QED) is 0.135. The first-order chi connectivity index (χ1) is 41.1. The summed E-state index contributed by atoms with van der Waals surface area (Å²) in [5, 5.41) is 48.1. The van der Waals surface area contributed by atoms with E-state index in [1.54, 1.807) is 0 Å². The van der Waals surface area contributed by atoms with Crippen molar-refractivity contribution in [1.82, 2.24) is 13.7 Å². The Balaban J connectivity index is 0.000000118. The standard InChI is InChI=1S/3C26H23NO/c3*1-3-27-24-11-7-6-10-21(24)23-16-18(13-15-25(23)27)26(28)22-14-12-17(2)19-8-4-5-9-20(19)22/h3*4-16,26,28H,3H2,1-2H3/t2*26-;/m10./s1. The minimum atomic E-state index is -0.654. The number of aliphatic hydroxyl groups excluding tert-OH is 3. The Labute approximate surface area is 490 Å². The number of para-hydroxylation sites is 3. The fourth-order valence-electron chi connectivity index (χ4n) is 13.4. The van der Waals surface area contributed by atoms with Crippen LogP contribution in [0.4, 0.5) is 0 Å². The Morgan fingerprint density at radius 3 is 0.738 bits per heavy atom. The summed E-state index contributed by atoms with van der Waals surface area (Å²) in [7, 11) is 0. The number of aliphatic hydroxyl groups is 3. The van der Waals surface area contributed by atoms with Crippen molar-refractivity contribution in [3.63, 3.8) is 0 Å². The van der Waals surface area contributed by atoms with Crippen LogP contribution in [0.1, 0.15) is 89.2 Å².